The Balaban J connectivity index is 1.43. The predicted octanol–water partition coefficient (Wildman–Crippen LogP) is 1.56. The summed E-state index contributed by atoms with van der Waals surface area (Å²) >= 11 is 6.30. The van der Waals surface area contributed by atoms with Crippen molar-refractivity contribution in [2.45, 2.75) is 0 Å². The van der Waals surface area contributed by atoms with E-state index in [1.807, 2.05) is 6.07 Å². The van der Waals surface area contributed by atoms with Crippen molar-refractivity contribution in [3.05, 3.63) is 35.2 Å². The minimum Gasteiger partial charge on any atom is -0.378 e. The van der Waals surface area contributed by atoms with E-state index >= 15 is 0 Å². The number of pyridine rings is 1. The number of hydrogen-bond donors (Lipinski definition) is 0. The molecule has 0 radical (unpaired) electrons. The summed E-state index contributed by atoms with van der Waals surface area (Å²) in [6.45, 7) is 6.38. The van der Waals surface area contributed by atoms with Crippen LogP contribution in [0.4, 0.5) is 17.5 Å². The van der Waals surface area contributed by atoms with Gasteiger partial charge in [-0.25, -0.2) is 15.0 Å². The molecule has 9 heteroatoms. The zero-order valence-corrected chi connectivity index (χ0v) is 15.6. The number of halogens is 1. The molecular formula is C18H20ClN7O. The second-order valence-electron chi connectivity index (χ2n) is 6.45. The molecule has 0 spiro atoms. The Kier molecular flexibility index (Phi) is 5.23. The minimum absolute atomic E-state index is 0.471. The molecule has 0 N–H and O–H groups in total. The third-order valence-corrected chi connectivity index (χ3v) is 5.11. The summed E-state index contributed by atoms with van der Waals surface area (Å²) < 4.78 is 5.41. The second kappa shape index (κ2) is 7.94. The number of anilines is 3. The maximum atomic E-state index is 8.95. The van der Waals surface area contributed by atoms with E-state index in [0.717, 1.165) is 69.9 Å². The molecule has 2 saturated heterocycles. The van der Waals surface area contributed by atoms with Gasteiger partial charge < -0.3 is 19.4 Å². The first kappa shape index (κ1) is 17.8. The van der Waals surface area contributed by atoms with Crippen LogP contribution in [0.5, 0.6) is 0 Å². The van der Waals surface area contributed by atoms with Crippen LogP contribution in [0, 0.1) is 11.3 Å². The molecule has 4 rings (SSSR count). The van der Waals surface area contributed by atoms with Crippen LogP contribution in [0.3, 0.4) is 0 Å². The van der Waals surface area contributed by atoms with E-state index in [0.29, 0.717) is 10.6 Å². The van der Waals surface area contributed by atoms with Gasteiger partial charge in [0.05, 0.1) is 23.8 Å². The highest BCUT2D eigenvalue weighted by atomic mass is 35.5. The molecule has 140 valence electrons. The molecule has 27 heavy (non-hydrogen) atoms. The van der Waals surface area contributed by atoms with E-state index in [-0.39, 0.29) is 0 Å². The normalized spacial score (nSPS) is 17.7. The van der Waals surface area contributed by atoms with Gasteiger partial charge in [-0.3, -0.25) is 0 Å². The first-order chi connectivity index (χ1) is 13.2. The number of ether oxygens (including phenoxy) is 1. The van der Waals surface area contributed by atoms with E-state index in [1.165, 1.54) is 0 Å². The highest BCUT2D eigenvalue weighted by molar-refractivity contribution is 6.33. The number of morpholine rings is 1. The van der Waals surface area contributed by atoms with E-state index in [9.17, 15) is 0 Å². The molecule has 2 aromatic rings. The molecule has 2 aliphatic rings. The van der Waals surface area contributed by atoms with Gasteiger partial charge in [-0.05, 0) is 6.07 Å². The maximum Gasteiger partial charge on any atom is 0.147 e. The Morgan fingerprint density at radius 2 is 1.52 bits per heavy atom. The lowest BCUT2D eigenvalue weighted by molar-refractivity contribution is 0.122. The molecule has 2 aromatic heterocycles. The number of nitriles is 1. The van der Waals surface area contributed by atoms with Crippen LogP contribution in [0.2, 0.25) is 5.02 Å². The first-order valence-corrected chi connectivity index (χ1v) is 9.32. The van der Waals surface area contributed by atoms with Crippen LogP contribution in [0.1, 0.15) is 5.56 Å². The fourth-order valence-corrected chi connectivity index (χ4v) is 3.63. The van der Waals surface area contributed by atoms with Crippen LogP contribution < -0.4 is 14.7 Å². The summed E-state index contributed by atoms with van der Waals surface area (Å²) in [5.74, 6) is 2.61. The van der Waals surface area contributed by atoms with Crippen molar-refractivity contribution in [2.24, 2.45) is 0 Å². The van der Waals surface area contributed by atoms with E-state index in [1.54, 1.807) is 18.6 Å². The zero-order chi connectivity index (χ0) is 18.6. The third-order valence-electron chi connectivity index (χ3n) is 4.83. The van der Waals surface area contributed by atoms with Gasteiger partial charge >= 0.3 is 0 Å². The van der Waals surface area contributed by atoms with Crippen LogP contribution >= 0.6 is 11.6 Å². The molecule has 0 saturated carbocycles. The Hall–Kier alpha value is -2.63. The van der Waals surface area contributed by atoms with Crippen LogP contribution in [0.15, 0.2) is 24.7 Å². The van der Waals surface area contributed by atoms with Gasteiger partial charge in [0, 0.05) is 51.5 Å². The van der Waals surface area contributed by atoms with E-state index in [2.05, 4.69) is 35.7 Å². The summed E-state index contributed by atoms with van der Waals surface area (Å²) in [6.07, 6.45) is 3.19. The van der Waals surface area contributed by atoms with Gasteiger partial charge in [0.25, 0.3) is 0 Å². The Morgan fingerprint density at radius 3 is 2.15 bits per heavy atom. The lowest BCUT2D eigenvalue weighted by Gasteiger charge is -2.36. The van der Waals surface area contributed by atoms with Crippen molar-refractivity contribution < 1.29 is 4.74 Å². The van der Waals surface area contributed by atoms with Crippen molar-refractivity contribution in [1.29, 1.82) is 5.26 Å². The van der Waals surface area contributed by atoms with Crippen LogP contribution in [0.25, 0.3) is 0 Å². The van der Waals surface area contributed by atoms with E-state index in [4.69, 9.17) is 21.6 Å². The molecule has 0 amide bonds. The van der Waals surface area contributed by atoms with Gasteiger partial charge in [0.2, 0.25) is 0 Å². The molecule has 4 heterocycles. The standard InChI is InChI=1S/C18H20ClN7O/c19-15-9-14(11-20)12-21-18(15)26-3-1-24(2-4-26)16-10-17(23-13-22-16)25-5-7-27-8-6-25/h9-10,12-13H,1-8H2. The summed E-state index contributed by atoms with van der Waals surface area (Å²) in [6, 6.07) is 5.77. The summed E-state index contributed by atoms with van der Waals surface area (Å²) in [5.41, 5.74) is 0.471. The largest absolute Gasteiger partial charge is 0.378 e. The number of hydrogen-bond acceptors (Lipinski definition) is 8. The van der Waals surface area contributed by atoms with Gasteiger partial charge in [-0.15, -0.1) is 0 Å². The van der Waals surface area contributed by atoms with Crippen molar-refractivity contribution in [2.75, 3.05) is 67.2 Å². The summed E-state index contributed by atoms with van der Waals surface area (Å²) in [5, 5.41) is 9.46. The fraction of sp³-hybridized carbons (Fsp3) is 0.444. The van der Waals surface area contributed by atoms with Crippen molar-refractivity contribution in [1.82, 2.24) is 15.0 Å². The fourth-order valence-electron chi connectivity index (χ4n) is 3.35. The number of piperazine rings is 1. The number of nitrogens with zero attached hydrogens (tertiary/aromatic N) is 7. The molecule has 2 fully saturated rings. The van der Waals surface area contributed by atoms with E-state index < -0.39 is 0 Å². The topological polar surface area (TPSA) is 81.4 Å². The molecule has 8 nitrogen and oxygen atoms in total. The maximum absolute atomic E-state index is 8.95. The average molecular weight is 386 g/mol. The first-order valence-electron chi connectivity index (χ1n) is 8.95. The molecule has 0 aliphatic carbocycles. The molecule has 0 bridgehead atoms. The van der Waals surface area contributed by atoms with Crippen molar-refractivity contribution in [3.8, 4) is 6.07 Å². The minimum atomic E-state index is 0.471. The lowest BCUT2D eigenvalue weighted by Crippen LogP contribution is -2.47. The number of aromatic nitrogens is 3. The highest BCUT2D eigenvalue weighted by Gasteiger charge is 2.22. The predicted molar refractivity (Wildman–Crippen MR) is 103 cm³/mol. The number of rotatable bonds is 3. The van der Waals surface area contributed by atoms with Crippen molar-refractivity contribution in [3.63, 3.8) is 0 Å². The summed E-state index contributed by atoms with van der Waals surface area (Å²) in [4.78, 5) is 19.8. The quantitative estimate of drug-likeness (QED) is 0.787. The van der Waals surface area contributed by atoms with Gasteiger partial charge in [-0.1, -0.05) is 11.6 Å². The summed E-state index contributed by atoms with van der Waals surface area (Å²) in [7, 11) is 0. The third kappa shape index (κ3) is 3.89. The van der Waals surface area contributed by atoms with Crippen LogP contribution in [-0.2, 0) is 4.74 Å². The smallest absolute Gasteiger partial charge is 0.147 e. The van der Waals surface area contributed by atoms with Gasteiger partial charge in [-0.2, -0.15) is 5.26 Å². The Bertz CT molecular complexity index is 842. The molecule has 2 aliphatic heterocycles. The van der Waals surface area contributed by atoms with Gasteiger partial charge in [0.1, 0.15) is 29.9 Å². The van der Waals surface area contributed by atoms with Crippen LogP contribution in [-0.4, -0.2) is 67.4 Å². The van der Waals surface area contributed by atoms with Gasteiger partial charge in [0.15, 0.2) is 0 Å². The zero-order valence-electron chi connectivity index (χ0n) is 14.9. The van der Waals surface area contributed by atoms with Crippen molar-refractivity contribution >= 4 is 29.1 Å². The Labute approximate surface area is 163 Å². The average Bonchev–Trinajstić information content (AvgIpc) is 2.74. The second-order valence-corrected chi connectivity index (χ2v) is 6.86. The molecule has 0 unspecified atom stereocenters. The monoisotopic (exact) mass is 385 g/mol. The molecule has 0 atom stereocenters. The SMILES string of the molecule is N#Cc1cnc(N2CCN(c3cc(N4CCOCC4)ncn3)CC2)c(Cl)c1. The lowest BCUT2D eigenvalue weighted by atomic mass is 10.2. The molecule has 0 aromatic carbocycles. The molecular weight excluding hydrogens is 366 g/mol. The Morgan fingerprint density at radius 1 is 0.889 bits per heavy atom. The highest BCUT2D eigenvalue weighted by Crippen LogP contribution is 2.26.